The first-order valence-electron chi connectivity index (χ1n) is 10.6. The summed E-state index contributed by atoms with van der Waals surface area (Å²) in [5.41, 5.74) is 9.25. The van der Waals surface area contributed by atoms with E-state index in [0.29, 0.717) is 17.1 Å². The van der Waals surface area contributed by atoms with Gasteiger partial charge in [0, 0.05) is 11.3 Å². The van der Waals surface area contributed by atoms with E-state index in [4.69, 9.17) is 15.6 Å². The van der Waals surface area contributed by atoms with Gasteiger partial charge in [-0.25, -0.2) is 4.68 Å². The van der Waals surface area contributed by atoms with Gasteiger partial charge in [0.1, 0.15) is 5.75 Å². The van der Waals surface area contributed by atoms with Crippen LogP contribution in [0.2, 0.25) is 0 Å². The molecule has 1 aliphatic carbocycles. The second-order valence-corrected chi connectivity index (χ2v) is 7.60. The van der Waals surface area contributed by atoms with Crippen LogP contribution in [0.5, 0.6) is 5.75 Å². The highest BCUT2D eigenvalue weighted by molar-refractivity contribution is 6.05. The monoisotopic (exact) mass is 418 g/mol. The highest BCUT2D eigenvalue weighted by atomic mass is 16.5. The SMILES string of the molecule is NC(=O)CCOc1ccccc1NC(=O)c1nn(-c2ccccc2)c2c1CCCCC2. The number of nitrogens with two attached hydrogens (primary N) is 1. The molecule has 4 rings (SSSR count). The number of aromatic nitrogens is 2. The normalized spacial score (nSPS) is 13.2. The van der Waals surface area contributed by atoms with Gasteiger partial charge in [-0.2, -0.15) is 5.10 Å². The molecular weight excluding hydrogens is 392 g/mol. The Morgan fingerprint density at radius 3 is 2.55 bits per heavy atom. The fourth-order valence-corrected chi connectivity index (χ4v) is 3.88. The smallest absolute Gasteiger partial charge is 0.276 e. The van der Waals surface area contributed by atoms with Crippen LogP contribution in [-0.2, 0) is 17.6 Å². The molecule has 1 aliphatic rings. The molecule has 3 N–H and O–H groups in total. The maximum Gasteiger partial charge on any atom is 0.276 e. The van der Waals surface area contributed by atoms with E-state index < -0.39 is 5.91 Å². The third-order valence-corrected chi connectivity index (χ3v) is 5.39. The molecule has 1 aromatic heterocycles. The molecule has 7 nitrogen and oxygen atoms in total. The van der Waals surface area contributed by atoms with Gasteiger partial charge in [-0.05, 0) is 49.9 Å². The summed E-state index contributed by atoms with van der Waals surface area (Å²) >= 11 is 0. The third-order valence-electron chi connectivity index (χ3n) is 5.39. The summed E-state index contributed by atoms with van der Waals surface area (Å²) in [6.07, 6.45) is 5.11. The molecule has 1 heterocycles. The number of anilines is 1. The van der Waals surface area contributed by atoms with E-state index in [2.05, 4.69) is 5.32 Å². The van der Waals surface area contributed by atoms with Crippen LogP contribution >= 0.6 is 0 Å². The second-order valence-electron chi connectivity index (χ2n) is 7.60. The van der Waals surface area contributed by atoms with E-state index in [1.807, 2.05) is 47.1 Å². The zero-order chi connectivity index (χ0) is 21.6. The van der Waals surface area contributed by atoms with Gasteiger partial charge in [-0.1, -0.05) is 36.8 Å². The van der Waals surface area contributed by atoms with Crippen molar-refractivity contribution in [2.24, 2.45) is 5.73 Å². The fraction of sp³-hybridized carbons (Fsp3) is 0.292. The summed E-state index contributed by atoms with van der Waals surface area (Å²) in [6.45, 7) is 0.153. The standard InChI is InChI=1S/C24H26N4O3/c25-22(29)15-16-31-21-14-8-7-12-19(21)26-24(30)23-18-11-5-2-6-13-20(18)28(27-23)17-9-3-1-4-10-17/h1,3-4,7-10,12,14H,2,5-6,11,13,15-16H2,(H2,25,29)(H,26,30). The van der Waals surface area contributed by atoms with Gasteiger partial charge in [-0.3, -0.25) is 9.59 Å². The van der Waals surface area contributed by atoms with Crippen molar-refractivity contribution in [1.29, 1.82) is 0 Å². The topological polar surface area (TPSA) is 99.2 Å². The minimum absolute atomic E-state index is 0.108. The Morgan fingerprint density at radius 2 is 1.74 bits per heavy atom. The largest absolute Gasteiger partial charge is 0.491 e. The first-order valence-corrected chi connectivity index (χ1v) is 10.6. The average Bonchev–Trinajstić information content (AvgIpc) is 2.96. The van der Waals surface area contributed by atoms with E-state index >= 15 is 0 Å². The number of ether oxygens (including phenoxy) is 1. The summed E-state index contributed by atoms with van der Waals surface area (Å²) in [5.74, 6) is -0.208. The molecule has 0 fully saturated rings. The summed E-state index contributed by atoms with van der Waals surface area (Å²) in [4.78, 5) is 24.2. The number of hydrogen-bond acceptors (Lipinski definition) is 4. The molecule has 0 aliphatic heterocycles. The summed E-state index contributed by atoms with van der Waals surface area (Å²) in [5, 5.41) is 7.66. The molecule has 7 heteroatoms. The molecule has 0 spiro atoms. The van der Waals surface area contributed by atoms with Crippen LogP contribution in [0.1, 0.15) is 47.4 Å². The van der Waals surface area contributed by atoms with Gasteiger partial charge >= 0.3 is 0 Å². The lowest BCUT2D eigenvalue weighted by Crippen LogP contribution is -2.17. The molecule has 0 bridgehead atoms. The molecule has 2 amide bonds. The van der Waals surface area contributed by atoms with E-state index in [0.717, 1.165) is 49.0 Å². The van der Waals surface area contributed by atoms with E-state index in [1.165, 1.54) is 0 Å². The first-order chi connectivity index (χ1) is 15.1. The number of fused-ring (bicyclic) bond motifs is 1. The lowest BCUT2D eigenvalue weighted by Gasteiger charge is -2.12. The molecule has 160 valence electrons. The second kappa shape index (κ2) is 9.47. The number of rotatable bonds is 7. The fourth-order valence-electron chi connectivity index (χ4n) is 3.88. The van der Waals surface area contributed by atoms with Crippen molar-refractivity contribution >= 4 is 17.5 Å². The Balaban J connectivity index is 1.63. The van der Waals surface area contributed by atoms with Gasteiger partial charge in [0.05, 0.1) is 24.4 Å². The number of nitrogens with one attached hydrogen (secondary N) is 1. The van der Waals surface area contributed by atoms with Gasteiger partial charge < -0.3 is 15.8 Å². The van der Waals surface area contributed by atoms with Gasteiger partial charge in [0.25, 0.3) is 5.91 Å². The van der Waals surface area contributed by atoms with Crippen molar-refractivity contribution < 1.29 is 14.3 Å². The molecule has 0 saturated heterocycles. The van der Waals surface area contributed by atoms with Crippen LogP contribution in [0.3, 0.4) is 0 Å². The number of nitrogens with zero attached hydrogens (tertiary/aromatic N) is 2. The van der Waals surface area contributed by atoms with E-state index in [1.54, 1.807) is 12.1 Å². The minimum Gasteiger partial charge on any atom is -0.491 e. The van der Waals surface area contributed by atoms with E-state index in [9.17, 15) is 9.59 Å². The average molecular weight is 418 g/mol. The lowest BCUT2D eigenvalue weighted by molar-refractivity contribution is -0.118. The van der Waals surface area contributed by atoms with Crippen molar-refractivity contribution in [3.63, 3.8) is 0 Å². The maximum absolute atomic E-state index is 13.3. The highest BCUT2D eigenvalue weighted by Gasteiger charge is 2.25. The maximum atomic E-state index is 13.3. The summed E-state index contributed by atoms with van der Waals surface area (Å²) < 4.78 is 7.56. The Kier molecular flexibility index (Phi) is 6.31. The Labute approximate surface area is 181 Å². The summed E-state index contributed by atoms with van der Waals surface area (Å²) in [7, 11) is 0. The number of carbonyl (C=O) groups excluding carboxylic acids is 2. The van der Waals surface area contributed by atoms with Crippen LogP contribution in [0.4, 0.5) is 5.69 Å². The van der Waals surface area contributed by atoms with Crippen molar-refractivity contribution in [3.8, 4) is 11.4 Å². The zero-order valence-electron chi connectivity index (χ0n) is 17.3. The molecule has 0 radical (unpaired) electrons. The molecule has 0 unspecified atom stereocenters. The van der Waals surface area contributed by atoms with E-state index in [-0.39, 0.29) is 18.9 Å². The quantitative estimate of drug-likeness (QED) is 0.572. The number of amides is 2. The van der Waals surface area contributed by atoms with Crippen molar-refractivity contribution in [2.75, 3.05) is 11.9 Å². The Morgan fingerprint density at radius 1 is 1.00 bits per heavy atom. The molecule has 2 aromatic carbocycles. The van der Waals surface area contributed by atoms with Crippen LogP contribution in [-0.4, -0.2) is 28.2 Å². The molecule has 0 atom stereocenters. The molecular formula is C24H26N4O3. The van der Waals surface area contributed by atoms with Gasteiger partial charge in [0.15, 0.2) is 5.69 Å². The van der Waals surface area contributed by atoms with Crippen LogP contribution in [0.15, 0.2) is 54.6 Å². The zero-order valence-corrected chi connectivity index (χ0v) is 17.3. The van der Waals surface area contributed by atoms with Crippen LogP contribution in [0.25, 0.3) is 5.69 Å². The van der Waals surface area contributed by atoms with Crippen molar-refractivity contribution in [3.05, 3.63) is 71.5 Å². The third kappa shape index (κ3) is 4.77. The van der Waals surface area contributed by atoms with Crippen LogP contribution in [0, 0.1) is 0 Å². The lowest BCUT2D eigenvalue weighted by atomic mass is 10.1. The number of para-hydroxylation sites is 3. The summed E-state index contributed by atoms with van der Waals surface area (Å²) in [6, 6.07) is 17.1. The number of carbonyl (C=O) groups is 2. The molecule has 0 saturated carbocycles. The van der Waals surface area contributed by atoms with Crippen molar-refractivity contribution in [1.82, 2.24) is 9.78 Å². The minimum atomic E-state index is -0.435. The predicted molar refractivity (Wildman–Crippen MR) is 119 cm³/mol. The van der Waals surface area contributed by atoms with Gasteiger partial charge in [0.2, 0.25) is 5.91 Å². The van der Waals surface area contributed by atoms with Crippen LogP contribution < -0.4 is 15.8 Å². The van der Waals surface area contributed by atoms with Crippen molar-refractivity contribution in [2.45, 2.75) is 38.5 Å². The Bertz CT molecular complexity index is 1080. The first kappa shape index (κ1) is 20.7. The van der Waals surface area contributed by atoms with Gasteiger partial charge in [-0.15, -0.1) is 0 Å². The highest BCUT2D eigenvalue weighted by Crippen LogP contribution is 2.29. The molecule has 31 heavy (non-hydrogen) atoms. The Hall–Kier alpha value is -3.61. The molecule has 3 aromatic rings. The number of primary amides is 1. The number of benzene rings is 2. The predicted octanol–water partition coefficient (Wildman–Crippen LogP) is 3.65. The number of hydrogen-bond donors (Lipinski definition) is 2.